The number of rotatable bonds is 7. The predicted octanol–water partition coefficient (Wildman–Crippen LogP) is 1.75. The van der Waals surface area contributed by atoms with Gasteiger partial charge in [-0.3, -0.25) is 4.79 Å². The van der Waals surface area contributed by atoms with Crippen LogP contribution in [0.4, 0.5) is 13.2 Å². The van der Waals surface area contributed by atoms with Crippen molar-refractivity contribution in [1.82, 2.24) is 0 Å². The quantitative estimate of drug-likeness (QED) is 0.328. The molecule has 0 radical (unpaired) electrons. The van der Waals surface area contributed by atoms with Crippen molar-refractivity contribution in [3.05, 3.63) is 23.8 Å². The van der Waals surface area contributed by atoms with Gasteiger partial charge in [-0.05, 0) is 18.2 Å². The topological polar surface area (TPSA) is 78.9 Å². The normalized spacial score (nSPS) is 12.0. The second-order valence-electron chi connectivity index (χ2n) is 3.64. The molecule has 1 aromatic carbocycles. The first kappa shape index (κ1) is 17.2. The molecule has 0 spiro atoms. The molecule has 1 rings (SSSR count). The van der Waals surface area contributed by atoms with Crippen molar-refractivity contribution in [2.24, 2.45) is 0 Å². The number of aldehydes is 1. The summed E-state index contributed by atoms with van der Waals surface area (Å²) in [4.78, 5) is 10.8. The zero-order chi connectivity index (χ0) is 16.1. The highest BCUT2D eigenvalue weighted by Gasteiger charge is 2.48. The third-order valence-electron chi connectivity index (χ3n) is 2.15. The van der Waals surface area contributed by atoms with Gasteiger partial charge in [-0.25, -0.2) is 0 Å². The van der Waals surface area contributed by atoms with Gasteiger partial charge in [0.15, 0.2) is 12.0 Å². The minimum atomic E-state index is -5.84. The van der Waals surface area contributed by atoms with Crippen LogP contribution in [0.15, 0.2) is 18.2 Å². The molecular weight excluding hydrogens is 317 g/mol. The maximum absolute atomic E-state index is 12.2. The maximum Gasteiger partial charge on any atom is 0.534 e. The molecule has 0 bridgehead atoms. The molecule has 21 heavy (non-hydrogen) atoms. The summed E-state index contributed by atoms with van der Waals surface area (Å²) < 4.78 is 72.1. The number of hydrogen-bond donors (Lipinski definition) is 0. The highest BCUT2D eigenvalue weighted by Crippen LogP contribution is 2.30. The standard InChI is InChI=1S/C11H11F3O6S/c1-18-4-5-19-9-2-3-10(8(6-9)7-15)20-21(16,17)11(12,13)14/h2-3,6-7H,4-5H2,1H3. The number of carbonyl (C=O) groups excluding carboxylic acids is 1. The third-order valence-corrected chi connectivity index (χ3v) is 3.11. The molecule has 0 aliphatic heterocycles. The van der Waals surface area contributed by atoms with Gasteiger partial charge < -0.3 is 13.7 Å². The number of hydrogen-bond acceptors (Lipinski definition) is 6. The van der Waals surface area contributed by atoms with E-state index in [0.29, 0.717) is 0 Å². The van der Waals surface area contributed by atoms with Gasteiger partial charge in [-0.2, -0.15) is 21.6 Å². The molecule has 0 atom stereocenters. The summed E-state index contributed by atoms with van der Waals surface area (Å²) in [6.07, 6.45) is 0.157. The fraction of sp³-hybridized carbons (Fsp3) is 0.364. The summed E-state index contributed by atoms with van der Waals surface area (Å²) in [5.74, 6) is -0.577. The van der Waals surface area contributed by atoms with Crippen molar-refractivity contribution >= 4 is 16.4 Å². The molecule has 0 aliphatic carbocycles. The lowest BCUT2D eigenvalue weighted by atomic mass is 10.2. The molecule has 10 heteroatoms. The Morgan fingerprint density at radius 1 is 1.24 bits per heavy atom. The molecule has 0 aliphatic rings. The lowest BCUT2D eigenvalue weighted by Crippen LogP contribution is -2.28. The Morgan fingerprint density at radius 3 is 2.43 bits per heavy atom. The summed E-state index contributed by atoms with van der Waals surface area (Å²) in [5.41, 5.74) is -5.97. The minimum absolute atomic E-state index is 0.149. The van der Waals surface area contributed by atoms with E-state index in [0.717, 1.165) is 12.1 Å². The molecule has 0 N–H and O–H groups in total. The predicted molar refractivity (Wildman–Crippen MR) is 64.8 cm³/mol. The third kappa shape index (κ3) is 4.60. The van der Waals surface area contributed by atoms with E-state index >= 15 is 0 Å². The van der Waals surface area contributed by atoms with E-state index in [2.05, 4.69) is 4.18 Å². The average Bonchev–Trinajstić information content (AvgIpc) is 2.39. The van der Waals surface area contributed by atoms with Crippen LogP contribution < -0.4 is 8.92 Å². The van der Waals surface area contributed by atoms with Gasteiger partial charge in [0.25, 0.3) is 0 Å². The number of alkyl halides is 3. The summed E-state index contributed by atoms with van der Waals surface area (Å²) in [6, 6.07) is 3.13. The van der Waals surface area contributed by atoms with Gasteiger partial charge in [0.1, 0.15) is 12.4 Å². The second kappa shape index (κ2) is 6.76. The lowest BCUT2D eigenvalue weighted by Gasteiger charge is -2.12. The van der Waals surface area contributed by atoms with Gasteiger partial charge >= 0.3 is 15.6 Å². The van der Waals surface area contributed by atoms with E-state index in [4.69, 9.17) is 9.47 Å². The van der Waals surface area contributed by atoms with Gasteiger partial charge in [0, 0.05) is 7.11 Å². The van der Waals surface area contributed by atoms with E-state index < -0.39 is 26.9 Å². The smallest absolute Gasteiger partial charge is 0.491 e. The highest BCUT2D eigenvalue weighted by atomic mass is 32.2. The SMILES string of the molecule is COCCOc1ccc(OS(=O)(=O)C(F)(F)F)c(C=O)c1. The number of halogens is 3. The Balaban J connectivity index is 2.97. The van der Waals surface area contributed by atoms with Gasteiger partial charge in [0.2, 0.25) is 0 Å². The number of methoxy groups -OCH3 is 1. The average molecular weight is 328 g/mol. The number of carbonyl (C=O) groups is 1. The first-order valence-electron chi connectivity index (χ1n) is 5.43. The summed E-state index contributed by atoms with van der Waals surface area (Å²) in [7, 11) is -4.39. The second-order valence-corrected chi connectivity index (χ2v) is 5.18. The molecule has 0 unspecified atom stereocenters. The molecule has 0 heterocycles. The largest absolute Gasteiger partial charge is 0.534 e. The molecule has 6 nitrogen and oxygen atoms in total. The van der Waals surface area contributed by atoms with Crippen LogP contribution in [0, 0.1) is 0 Å². The number of benzene rings is 1. The Labute approximate surface area is 118 Å². The Morgan fingerprint density at radius 2 is 1.90 bits per heavy atom. The molecule has 118 valence electrons. The van der Waals surface area contributed by atoms with Crippen LogP contribution in [0.5, 0.6) is 11.5 Å². The van der Waals surface area contributed by atoms with Crippen molar-refractivity contribution in [1.29, 1.82) is 0 Å². The molecule has 1 aromatic rings. The number of ether oxygens (including phenoxy) is 2. The monoisotopic (exact) mass is 328 g/mol. The zero-order valence-electron chi connectivity index (χ0n) is 10.7. The molecule has 0 fully saturated rings. The fourth-order valence-corrected chi connectivity index (χ4v) is 1.68. The summed E-state index contributed by atoms with van der Waals surface area (Å²) in [5, 5.41) is 0. The van der Waals surface area contributed by atoms with Gasteiger partial charge in [-0.1, -0.05) is 0 Å². The molecule has 0 amide bonds. The zero-order valence-corrected chi connectivity index (χ0v) is 11.5. The van der Waals surface area contributed by atoms with Crippen LogP contribution in [0.2, 0.25) is 0 Å². The van der Waals surface area contributed by atoms with Crippen LogP contribution >= 0.6 is 0 Å². The van der Waals surface area contributed by atoms with E-state index in [1.54, 1.807) is 0 Å². The summed E-state index contributed by atoms with van der Waals surface area (Å²) in [6.45, 7) is 0.410. The van der Waals surface area contributed by atoms with E-state index in [9.17, 15) is 26.4 Å². The summed E-state index contributed by atoms with van der Waals surface area (Å²) >= 11 is 0. The molecule has 0 saturated carbocycles. The molecule has 0 saturated heterocycles. The van der Waals surface area contributed by atoms with E-state index in [1.807, 2.05) is 0 Å². The van der Waals surface area contributed by atoms with Crippen LogP contribution in [0.25, 0.3) is 0 Å². The van der Waals surface area contributed by atoms with Gasteiger partial charge in [0.05, 0.1) is 12.2 Å². The maximum atomic E-state index is 12.2. The lowest BCUT2D eigenvalue weighted by molar-refractivity contribution is -0.0500. The van der Waals surface area contributed by atoms with Crippen LogP contribution in [-0.4, -0.2) is 40.5 Å². The highest BCUT2D eigenvalue weighted by molar-refractivity contribution is 7.88. The molecule has 0 aromatic heterocycles. The van der Waals surface area contributed by atoms with Crippen LogP contribution in [0.1, 0.15) is 10.4 Å². The van der Waals surface area contributed by atoms with Crippen molar-refractivity contribution in [3.8, 4) is 11.5 Å². The molecular formula is C11H11F3O6S. The minimum Gasteiger partial charge on any atom is -0.491 e. The van der Waals surface area contributed by atoms with Crippen LogP contribution in [0.3, 0.4) is 0 Å². The van der Waals surface area contributed by atoms with E-state index in [-0.39, 0.29) is 25.2 Å². The van der Waals surface area contributed by atoms with Crippen molar-refractivity contribution in [3.63, 3.8) is 0 Å². The van der Waals surface area contributed by atoms with Crippen LogP contribution in [-0.2, 0) is 14.9 Å². The first-order valence-corrected chi connectivity index (χ1v) is 6.84. The Hall–Kier alpha value is -1.81. The fourth-order valence-electron chi connectivity index (χ4n) is 1.19. The van der Waals surface area contributed by atoms with E-state index in [1.165, 1.54) is 13.2 Å². The van der Waals surface area contributed by atoms with Gasteiger partial charge in [-0.15, -0.1) is 0 Å². The van der Waals surface area contributed by atoms with Crippen molar-refractivity contribution < 1.29 is 40.0 Å². The first-order chi connectivity index (χ1) is 9.71. The Bertz CT molecular complexity index is 596. The van der Waals surface area contributed by atoms with Crippen molar-refractivity contribution in [2.45, 2.75) is 5.51 Å². The van der Waals surface area contributed by atoms with Crippen molar-refractivity contribution in [2.75, 3.05) is 20.3 Å². The Kier molecular flexibility index (Phi) is 5.55.